The summed E-state index contributed by atoms with van der Waals surface area (Å²) in [6.45, 7) is 6.12. The molecule has 5 rings (SSSR count). The van der Waals surface area contributed by atoms with Crippen molar-refractivity contribution in [2.45, 2.75) is 37.7 Å². The lowest BCUT2D eigenvalue weighted by Gasteiger charge is -2.29. The summed E-state index contributed by atoms with van der Waals surface area (Å²) in [6.07, 6.45) is 4.74. The monoisotopic (exact) mass is 628 g/mol. The molecule has 1 aliphatic heterocycles. The number of ether oxygens (including phenoxy) is 2. The molecule has 230 valence electrons. The van der Waals surface area contributed by atoms with Crippen molar-refractivity contribution in [1.29, 1.82) is 0 Å². The molecule has 0 aliphatic carbocycles. The Morgan fingerprint density at radius 2 is 1.77 bits per heavy atom. The third-order valence-electron chi connectivity index (χ3n) is 6.46. The van der Waals surface area contributed by atoms with Gasteiger partial charge in [0.2, 0.25) is 5.88 Å². The molecule has 0 spiro atoms. The molecule has 1 aliphatic rings. The molecule has 0 unspecified atom stereocenters. The number of halogens is 3. The smallest absolute Gasteiger partial charge is 0.410 e. The lowest BCUT2D eigenvalue weighted by atomic mass is 10.0. The Balaban J connectivity index is 1.48. The minimum atomic E-state index is -4.87. The SMILES string of the molecule is COc1ncc(-c2ccc3ncnc(C4=CCN(C(=O)OC(C)(C)C)CC4)c3n2)cc1NS(=O)(=O)c1c(F)cc(F)cc1F. The molecule has 1 aromatic carbocycles. The fourth-order valence-corrected chi connectivity index (χ4v) is 5.69. The molecule has 0 atom stereocenters. The number of sulfonamides is 1. The van der Waals surface area contributed by atoms with Crippen molar-refractivity contribution >= 4 is 38.4 Å². The highest BCUT2D eigenvalue weighted by Gasteiger charge is 2.28. The predicted molar refractivity (Wildman–Crippen MR) is 155 cm³/mol. The van der Waals surface area contributed by atoms with E-state index < -0.39 is 44.1 Å². The Morgan fingerprint density at radius 3 is 2.41 bits per heavy atom. The molecule has 0 bridgehead atoms. The highest BCUT2D eigenvalue weighted by Crippen LogP contribution is 2.33. The second-order valence-electron chi connectivity index (χ2n) is 10.8. The summed E-state index contributed by atoms with van der Waals surface area (Å²) in [5, 5.41) is 0. The van der Waals surface area contributed by atoms with Crippen LogP contribution in [0.2, 0.25) is 0 Å². The van der Waals surface area contributed by atoms with E-state index in [4.69, 9.17) is 14.5 Å². The van der Waals surface area contributed by atoms with Crippen LogP contribution in [0.25, 0.3) is 27.9 Å². The van der Waals surface area contributed by atoms with Gasteiger partial charge < -0.3 is 14.4 Å². The predicted octanol–water partition coefficient (Wildman–Crippen LogP) is 5.34. The maximum Gasteiger partial charge on any atom is 0.410 e. The zero-order chi connectivity index (χ0) is 31.8. The Bertz CT molecular complexity index is 1890. The highest BCUT2D eigenvalue weighted by atomic mass is 32.2. The minimum Gasteiger partial charge on any atom is -0.480 e. The molecule has 0 radical (unpaired) electrons. The summed E-state index contributed by atoms with van der Waals surface area (Å²) in [6, 6.07) is 5.20. The van der Waals surface area contributed by atoms with Crippen molar-refractivity contribution in [3.8, 4) is 17.1 Å². The van der Waals surface area contributed by atoms with Crippen LogP contribution in [0.15, 0.2) is 53.8 Å². The van der Waals surface area contributed by atoms with Gasteiger partial charge in [-0.1, -0.05) is 6.08 Å². The third-order valence-corrected chi connectivity index (χ3v) is 7.88. The lowest BCUT2D eigenvalue weighted by Crippen LogP contribution is -2.39. The topological polar surface area (TPSA) is 136 Å². The van der Waals surface area contributed by atoms with Crippen LogP contribution in [0.5, 0.6) is 5.88 Å². The van der Waals surface area contributed by atoms with Gasteiger partial charge in [0.15, 0.2) is 4.90 Å². The summed E-state index contributed by atoms with van der Waals surface area (Å²) in [5.41, 5.74) is 2.24. The molecule has 3 aromatic heterocycles. The molecule has 11 nitrogen and oxygen atoms in total. The zero-order valence-corrected chi connectivity index (χ0v) is 24.9. The Morgan fingerprint density at radius 1 is 1.05 bits per heavy atom. The summed E-state index contributed by atoms with van der Waals surface area (Å²) in [7, 11) is -3.64. The first-order chi connectivity index (χ1) is 20.8. The number of aromatic nitrogens is 4. The number of rotatable bonds is 6. The molecule has 1 N–H and O–H groups in total. The first kappa shape index (κ1) is 30.7. The van der Waals surface area contributed by atoms with Crippen molar-refractivity contribution in [2.24, 2.45) is 0 Å². The standard InChI is InChI=1S/C29H27F3N6O5S/c1-29(2,3)43-28(39)38-9-7-16(8-10-38)24-25-22(34-15-35-24)6-5-21(36-25)17-11-23(27(42-4)33-14-17)37-44(40,41)26-19(31)12-18(30)13-20(26)32/h5-7,11-15,37H,8-10H2,1-4H3. The summed E-state index contributed by atoms with van der Waals surface area (Å²) in [5.74, 6) is -4.66. The van der Waals surface area contributed by atoms with E-state index in [0.29, 0.717) is 47.5 Å². The van der Waals surface area contributed by atoms with Crippen LogP contribution in [0.3, 0.4) is 0 Å². The number of fused-ring (bicyclic) bond motifs is 1. The normalized spacial score (nSPS) is 13.9. The van der Waals surface area contributed by atoms with E-state index >= 15 is 0 Å². The first-order valence-corrected chi connectivity index (χ1v) is 14.7. The number of carbonyl (C=O) groups is 1. The molecule has 0 saturated heterocycles. The first-order valence-electron chi connectivity index (χ1n) is 13.3. The Kier molecular flexibility index (Phi) is 8.16. The highest BCUT2D eigenvalue weighted by molar-refractivity contribution is 7.92. The fourth-order valence-electron chi connectivity index (χ4n) is 4.52. The maximum absolute atomic E-state index is 14.3. The number of benzene rings is 1. The van der Waals surface area contributed by atoms with Crippen LogP contribution in [-0.4, -0.2) is 65.1 Å². The number of nitrogens with one attached hydrogen (secondary N) is 1. The van der Waals surface area contributed by atoms with Crippen LogP contribution < -0.4 is 9.46 Å². The van der Waals surface area contributed by atoms with Crippen LogP contribution in [-0.2, 0) is 14.8 Å². The summed E-state index contributed by atoms with van der Waals surface area (Å²) >= 11 is 0. The van der Waals surface area contributed by atoms with Gasteiger partial charge in [-0.2, -0.15) is 0 Å². The summed E-state index contributed by atoms with van der Waals surface area (Å²) in [4.78, 5) is 30.3. The van der Waals surface area contributed by atoms with E-state index in [1.807, 2.05) is 6.08 Å². The summed E-state index contributed by atoms with van der Waals surface area (Å²) < 4.78 is 80.5. The number of methoxy groups -OCH3 is 1. The Hall–Kier alpha value is -4.79. The van der Waals surface area contributed by atoms with Gasteiger partial charge >= 0.3 is 6.09 Å². The van der Waals surface area contributed by atoms with Gasteiger partial charge in [-0.3, -0.25) is 4.72 Å². The number of carbonyl (C=O) groups excluding carboxylic acids is 1. The molecule has 15 heteroatoms. The average Bonchev–Trinajstić information content (AvgIpc) is 2.95. The van der Waals surface area contributed by atoms with Gasteiger partial charge in [-0.05, 0) is 51.0 Å². The number of hydrogen-bond donors (Lipinski definition) is 1. The Labute approximate surface area is 250 Å². The lowest BCUT2D eigenvalue weighted by molar-refractivity contribution is 0.0270. The molecule has 44 heavy (non-hydrogen) atoms. The van der Waals surface area contributed by atoms with Crippen molar-refractivity contribution < 1.29 is 35.9 Å². The van der Waals surface area contributed by atoms with Crippen molar-refractivity contribution in [3.05, 3.63) is 72.1 Å². The number of amides is 1. The number of pyridine rings is 2. The van der Waals surface area contributed by atoms with Gasteiger partial charge in [-0.15, -0.1) is 0 Å². The van der Waals surface area contributed by atoms with Crippen LogP contribution in [0.1, 0.15) is 32.9 Å². The molecule has 0 fully saturated rings. The third kappa shape index (κ3) is 6.41. The second-order valence-corrected chi connectivity index (χ2v) is 12.4. The number of anilines is 1. The maximum atomic E-state index is 14.3. The van der Waals surface area contributed by atoms with Gasteiger partial charge in [0.05, 0.1) is 24.0 Å². The quantitative estimate of drug-likeness (QED) is 0.300. The van der Waals surface area contributed by atoms with Crippen LogP contribution in [0, 0.1) is 17.5 Å². The van der Waals surface area contributed by atoms with Crippen LogP contribution >= 0.6 is 0 Å². The van der Waals surface area contributed by atoms with Crippen molar-refractivity contribution in [1.82, 2.24) is 24.8 Å². The molecular weight excluding hydrogens is 601 g/mol. The van der Waals surface area contributed by atoms with Gasteiger partial charge in [0, 0.05) is 37.0 Å². The van der Waals surface area contributed by atoms with Gasteiger partial charge in [-0.25, -0.2) is 46.3 Å². The van der Waals surface area contributed by atoms with E-state index in [0.717, 1.165) is 5.57 Å². The van der Waals surface area contributed by atoms with Gasteiger partial charge in [0.1, 0.15) is 40.6 Å². The van der Waals surface area contributed by atoms with Crippen LogP contribution in [0.4, 0.5) is 23.7 Å². The van der Waals surface area contributed by atoms with E-state index in [-0.39, 0.29) is 23.7 Å². The molecule has 4 aromatic rings. The van der Waals surface area contributed by atoms with Crippen molar-refractivity contribution in [3.63, 3.8) is 0 Å². The average molecular weight is 629 g/mol. The van der Waals surface area contributed by atoms with E-state index in [1.54, 1.807) is 37.8 Å². The minimum absolute atomic E-state index is 0.188. The largest absolute Gasteiger partial charge is 0.480 e. The van der Waals surface area contributed by atoms with E-state index in [1.165, 1.54) is 25.7 Å². The molecule has 4 heterocycles. The molecular formula is C29H27F3N6O5S. The second kappa shape index (κ2) is 11.7. The van der Waals surface area contributed by atoms with E-state index in [9.17, 15) is 26.4 Å². The molecule has 1 amide bonds. The van der Waals surface area contributed by atoms with Crippen molar-refractivity contribution in [2.75, 3.05) is 24.9 Å². The van der Waals surface area contributed by atoms with Gasteiger partial charge in [0.25, 0.3) is 10.0 Å². The fraction of sp³-hybridized carbons (Fsp3) is 0.276. The molecule has 0 saturated carbocycles. The number of nitrogens with zero attached hydrogens (tertiary/aromatic N) is 5. The number of hydrogen-bond acceptors (Lipinski definition) is 9. The van der Waals surface area contributed by atoms with E-state index in [2.05, 4.69) is 19.7 Å². The zero-order valence-electron chi connectivity index (χ0n) is 24.1.